The highest BCUT2D eigenvalue weighted by molar-refractivity contribution is 5.40. The Morgan fingerprint density at radius 3 is 2.50 bits per heavy atom. The third-order valence-electron chi connectivity index (χ3n) is 4.27. The summed E-state index contributed by atoms with van der Waals surface area (Å²) in [6.45, 7) is 1.91. The zero-order valence-corrected chi connectivity index (χ0v) is 15.4. The molecule has 0 aliphatic heterocycles. The smallest absolute Gasteiger partial charge is 0.293 e. The summed E-state index contributed by atoms with van der Waals surface area (Å²) in [5.74, 6) is -3.21. The van der Waals surface area contributed by atoms with Crippen LogP contribution in [0.25, 0.3) is 0 Å². The van der Waals surface area contributed by atoms with Crippen LogP contribution in [-0.4, -0.2) is 27.6 Å². The lowest BCUT2D eigenvalue weighted by atomic mass is 10.1. The van der Waals surface area contributed by atoms with Crippen molar-refractivity contribution in [2.45, 2.75) is 19.4 Å². The van der Waals surface area contributed by atoms with Crippen molar-refractivity contribution in [2.24, 2.45) is 0 Å². The summed E-state index contributed by atoms with van der Waals surface area (Å²) in [6.07, 6.45) is 4.83. The number of alkyl halides is 2. The molecular weight excluding hydrogens is 364 g/mol. The number of nitrogens with one attached hydrogen (secondary N) is 2. The number of hydrogen-bond acceptors (Lipinski definition) is 5. The van der Waals surface area contributed by atoms with Gasteiger partial charge in [-0.15, -0.1) is 0 Å². The number of rotatable bonds is 8. The van der Waals surface area contributed by atoms with Crippen molar-refractivity contribution in [3.8, 4) is 0 Å². The Bertz CT molecular complexity index is 961. The van der Waals surface area contributed by atoms with Gasteiger partial charge in [0.2, 0.25) is 0 Å². The molecule has 3 rings (SSSR count). The number of aryl methyl sites for hydroxylation is 1. The molecule has 0 atom stereocenters. The molecule has 3 aromatic rings. The van der Waals surface area contributed by atoms with Gasteiger partial charge in [0.1, 0.15) is 0 Å². The van der Waals surface area contributed by atoms with Crippen LogP contribution in [0.15, 0.2) is 65.8 Å². The first-order valence-electron chi connectivity index (χ1n) is 8.85. The van der Waals surface area contributed by atoms with E-state index < -0.39 is 18.0 Å². The molecule has 2 heterocycles. The Kier molecular flexibility index (Phi) is 5.98. The van der Waals surface area contributed by atoms with E-state index in [2.05, 4.69) is 20.6 Å². The molecule has 2 N–H and O–H groups in total. The first-order valence-corrected chi connectivity index (χ1v) is 8.85. The summed E-state index contributed by atoms with van der Waals surface area (Å²) in [7, 11) is 0. The highest BCUT2D eigenvalue weighted by Crippen LogP contribution is 2.27. The SMILES string of the molecule is Cc1cnc(NCC(F)(F)c2ccccc2)c(=O)n1CCNc1ccncc1. The van der Waals surface area contributed by atoms with E-state index in [1.807, 2.05) is 12.1 Å². The van der Waals surface area contributed by atoms with E-state index in [-0.39, 0.29) is 11.4 Å². The second-order valence-corrected chi connectivity index (χ2v) is 6.29. The Hall–Kier alpha value is -3.29. The Labute approximate surface area is 161 Å². The fraction of sp³-hybridized carbons (Fsp3) is 0.250. The van der Waals surface area contributed by atoms with E-state index in [4.69, 9.17) is 0 Å². The van der Waals surface area contributed by atoms with Crippen molar-refractivity contribution in [1.29, 1.82) is 0 Å². The fourth-order valence-corrected chi connectivity index (χ4v) is 2.73. The molecule has 1 aromatic carbocycles. The molecule has 0 aliphatic rings. The number of nitrogens with zero attached hydrogens (tertiary/aromatic N) is 3. The van der Waals surface area contributed by atoms with Gasteiger partial charge in [-0.2, -0.15) is 8.78 Å². The van der Waals surface area contributed by atoms with Gasteiger partial charge in [0.25, 0.3) is 11.5 Å². The molecule has 0 spiro atoms. The van der Waals surface area contributed by atoms with Crippen molar-refractivity contribution >= 4 is 11.5 Å². The minimum atomic E-state index is -3.12. The molecule has 0 saturated heterocycles. The van der Waals surface area contributed by atoms with Gasteiger partial charge in [0.15, 0.2) is 5.82 Å². The van der Waals surface area contributed by atoms with Crippen LogP contribution in [0, 0.1) is 6.92 Å². The second-order valence-electron chi connectivity index (χ2n) is 6.29. The summed E-state index contributed by atoms with van der Waals surface area (Å²) in [6, 6.07) is 11.1. The Morgan fingerprint density at radius 2 is 1.79 bits per heavy atom. The summed E-state index contributed by atoms with van der Waals surface area (Å²) in [4.78, 5) is 20.6. The van der Waals surface area contributed by atoms with Gasteiger partial charge < -0.3 is 15.2 Å². The zero-order chi connectivity index (χ0) is 20.0. The first-order chi connectivity index (χ1) is 13.5. The lowest BCUT2D eigenvalue weighted by Gasteiger charge is -2.18. The molecule has 6 nitrogen and oxygen atoms in total. The molecule has 0 saturated carbocycles. The predicted octanol–water partition coefficient (Wildman–Crippen LogP) is 3.26. The van der Waals surface area contributed by atoms with Gasteiger partial charge >= 0.3 is 0 Å². The molecule has 0 amide bonds. The number of anilines is 2. The van der Waals surface area contributed by atoms with Crippen molar-refractivity contribution in [1.82, 2.24) is 14.5 Å². The van der Waals surface area contributed by atoms with Gasteiger partial charge in [-0.05, 0) is 19.1 Å². The number of hydrogen-bond donors (Lipinski definition) is 2. The quantitative estimate of drug-likeness (QED) is 0.623. The maximum Gasteiger partial charge on any atom is 0.293 e. The van der Waals surface area contributed by atoms with Crippen molar-refractivity contribution < 1.29 is 8.78 Å². The summed E-state index contributed by atoms with van der Waals surface area (Å²) in [5, 5.41) is 5.69. The molecule has 0 radical (unpaired) electrons. The minimum Gasteiger partial charge on any atom is -0.383 e. The molecule has 146 valence electrons. The Morgan fingerprint density at radius 1 is 1.07 bits per heavy atom. The maximum atomic E-state index is 14.3. The van der Waals surface area contributed by atoms with E-state index in [0.717, 1.165) is 5.69 Å². The zero-order valence-electron chi connectivity index (χ0n) is 15.4. The van der Waals surface area contributed by atoms with Gasteiger partial charge in [0.05, 0.1) is 6.54 Å². The van der Waals surface area contributed by atoms with Crippen LogP contribution in [-0.2, 0) is 12.5 Å². The molecule has 2 aromatic heterocycles. The third kappa shape index (κ3) is 4.70. The highest BCUT2D eigenvalue weighted by atomic mass is 19.3. The number of benzene rings is 1. The van der Waals surface area contributed by atoms with Gasteiger partial charge in [-0.3, -0.25) is 9.78 Å². The molecule has 0 aliphatic carbocycles. The molecule has 0 bridgehead atoms. The van der Waals surface area contributed by atoms with Crippen molar-refractivity contribution in [2.75, 3.05) is 23.7 Å². The lowest BCUT2D eigenvalue weighted by Crippen LogP contribution is -2.32. The summed E-state index contributed by atoms with van der Waals surface area (Å²) < 4.78 is 30.2. The van der Waals surface area contributed by atoms with Crippen LogP contribution in [0.2, 0.25) is 0 Å². The highest BCUT2D eigenvalue weighted by Gasteiger charge is 2.31. The topological polar surface area (TPSA) is 71.8 Å². The fourth-order valence-electron chi connectivity index (χ4n) is 2.73. The number of pyridine rings is 1. The largest absolute Gasteiger partial charge is 0.383 e. The van der Waals surface area contributed by atoms with Crippen LogP contribution >= 0.6 is 0 Å². The molecule has 0 fully saturated rings. The number of halogens is 2. The van der Waals surface area contributed by atoms with Gasteiger partial charge in [0, 0.05) is 48.6 Å². The van der Waals surface area contributed by atoms with E-state index in [0.29, 0.717) is 18.8 Å². The maximum absolute atomic E-state index is 14.3. The molecule has 0 unspecified atom stereocenters. The van der Waals surface area contributed by atoms with Crippen LogP contribution in [0.4, 0.5) is 20.3 Å². The van der Waals surface area contributed by atoms with E-state index >= 15 is 0 Å². The van der Waals surface area contributed by atoms with E-state index in [9.17, 15) is 13.6 Å². The normalized spacial score (nSPS) is 11.2. The first kappa shape index (κ1) is 19.5. The summed E-state index contributed by atoms with van der Waals surface area (Å²) in [5.41, 5.74) is 0.995. The molecular formula is C20H21F2N5O. The standard InChI is InChI=1S/C20H21F2N5O/c1-15-13-25-18(26-14-20(21,22)16-5-3-2-4-6-16)19(28)27(15)12-11-24-17-7-9-23-10-8-17/h2-10,13H,11-12,14H2,1H3,(H,23,24)(H,25,26). The monoisotopic (exact) mass is 385 g/mol. The van der Waals surface area contributed by atoms with Crippen LogP contribution in [0.1, 0.15) is 11.3 Å². The lowest BCUT2D eigenvalue weighted by molar-refractivity contribution is 0.0105. The van der Waals surface area contributed by atoms with Gasteiger partial charge in [-0.25, -0.2) is 4.98 Å². The van der Waals surface area contributed by atoms with Crippen molar-refractivity contribution in [3.05, 3.63) is 82.7 Å². The van der Waals surface area contributed by atoms with E-state index in [1.165, 1.54) is 22.9 Å². The summed E-state index contributed by atoms with van der Waals surface area (Å²) >= 11 is 0. The molecule has 28 heavy (non-hydrogen) atoms. The van der Waals surface area contributed by atoms with Crippen molar-refractivity contribution in [3.63, 3.8) is 0 Å². The average molecular weight is 385 g/mol. The van der Waals surface area contributed by atoms with E-state index in [1.54, 1.807) is 37.5 Å². The van der Waals surface area contributed by atoms with Crippen LogP contribution in [0.3, 0.4) is 0 Å². The van der Waals surface area contributed by atoms with Crippen LogP contribution in [0.5, 0.6) is 0 Å². The predicted molar refractivity (Wildman–Crippen MR) is 105 cm³/mol. The average Bonchev–Trinajstić information content (AvgIpc) is 2.71. The van der Waals surface area contributed by atoms with Gasteiger partial charge in [-0.1, -0.05) is 30.3 Å². The Balaban J connectivity index is 1.67. The molecule has 8 heteroatoms. The van der Waals surface area contributed by atoms with Crippen LogP contribution < -0.4 is 16.2 Å². The minimum absolute atomic E-state index is 0.0925. The second kappa shape index (κ2) is 8.60. The third-order valence-corrected chi connectivity index (χ3v) is 4.27. The number of aromatic nitrogens is 3.